The summed E-state index contributed by atoms with van der Waals surface area (Å²) in [6, 6.07) is 19.7. The fraction of sp³-hybridized carbons (Fsp3) is 0.517. The smallest absolute Gasteiger partial charge is 0.405 e. The van der Waals surface area contributed by atoms with Gasteiger partial charge in [-0.15, -0.1) is 0 Å². The summed E-state index contributed by atoms with van der Waals surface area (Å²) in [5, 5.41) is 8.37. The Kier molecular flexibility index (Phi) is 15.0. The fourth-order valence-electron chi connectivity index (χ4n) is 3.77. The molecule has 2 aromatic rings. The molecule has 200 valence electrons. The SMILES string of the molecule is CC(C)(C)OC(N)=O.CCC1CC[NH+](CCOc2ccccc2)CC1.O=C(O)CCc1ccccc1. The van der Waals surface area contributed by atoms with E-state index in [2.05, 4.69) is 11.7 Å². The van der Waals surface area contributed by atoms with Crippen molar-refractivity contribution >= 4 is 12.1 Å². The van der Waals surface area contributed by atoms with E-state index < -0.39 is 17.7 Å². The van der Waals surface area contributed by atoms with E-state index in [9.17, 15) is 9.59 Å². The van der Waals surface area contributed by atoms with E-state index in [1.807, 2.05) is 60.7 Å². The second kappa shape index (κ2) is 17.4. The molecule has 0 atom stereocenters. The molecule has 1 fully saturated rings. The van der Waals surface area contributed by atoms with Gasteiger partial charge in [0.25, 0.3) is 0 Å². The van der Waals surface area contributed by atoms with Crippen LogP contribution in [0.2, 0.25) is 0 Å². The number of quaternary nitrogens is 1. The first-order valence-corrected chi connectivity index (χ1v) is 12.8. The zero-order valence-electron chi connectivity index (χ0n) is 22.4. The molecule has 0 aliphatic carbocycles. The Morgan fingerprint density at radius 3 is 2.00 bits per heavy atom. The molecule has 2 aromatic carbocycles. The molecule has 0 saturated carbocycles. The predicted octanol–water partition coefficient (Wildman–Crippen LogP) is 4.35. The van der Waals surface area contributed by atoms with E-state index in [4.69, 9.17) is 15.6 Å². The van der Waals surface area contributed by atoms with Gasteiger partial charge in [-0.2, -0.15) is 0 Å². The lowest BCUT2D eigenvalue weighted by Gasteiger charge is -2.28. The van der Waals surface area contributed by atoms with E-state index in [0.717, 1.165) is 30.4 Å². The van der Waals surface area contributed by atoms with Crippen molar-refractivity contribution in [1.82, 2.24) is 0 Å². The van der Waals surface area contributed by atoms with Crippen molar-refractivity contribution in [1.29, 1.82) is 0 Å². The molecule has 0 unspecified atom stereocenters. The molecule has 4 N–H and O–H groups in total. The number of carboxylic acid groups (broad SMARTS) is 1. The van der Waals surface area contributed by atoms with Crippen LogP contribution in [0.5, 0.6) is 5.75 Å². The number of hydrogen-bond donors (Lipinski definition) is 3. The Balaban J connectivity index is 0.000000295. The minimum Gasteiger partial charge on any atom is -0.488 e. The molecule has 0 bridgehead atoms. The average Bonchev–Trinajstić information content (AvgIpc) is 2.84. The maximum absolute atomic E-state index is 10.2. The molecular weight excluding hydrogens is 456 g/mol. The molecule has 0 aromatic heterocycles. The van der Waals surface area contributed by atoms with Gasteiger partial charge in [-0.1, -0.05) is 61.9 Å². The minimum atomic E-state index is -0.742. The lowest BCUT2D eigenvalue weighted by Crippen LogP contribution is -3.13. The number of aryl methyl sites for hydroxylation is 1. The summed E-state index contributed by atoms with van der Waals surface area (Å²) in [6.45, 7) is 12.2. The number of rotatable bonds is 8. The number of amides is 1. The summed E-state index contributed by atoms with van der Waals surface area (Å²) >= 11 is 0. The van der Waals surface area contributed by atoms with E-state index in [0.29, 0.717) is 6.42 Å². The second-order valence-electron chi connectivity index (χ2n) is 9.93. The van der Waals surface area contributed by atoms with Crippen LogP contribution < -0.4 is 15.4 Å². The van der Waals surface area contributed by atoms with Gasteiger partial charge in [0.05, 0.1) is 13.1 Å². The van der Waals surface area contributed by atoms with Crippen molar-refractivity contribution in [3.63, 3.8) is 0 Å². The van der Waals surface area contributed by atoms with Crippen molar-refractivity contribution < 1.29 is 29.1 Å². The van der Waals surface area contributed by atoms with Gasteiger partial charge in [0.15, 0.2) is 0 Å². The van der Waals surface area contributed by atoms with Crippen LogP contribution in [0.25, 0.3) is 0 Å². The maximum atomic E-state index is 10.2. The number of nitrogens with one attached hydrogen (secondary N) is 1. The van der Waals surface area contributed by atoms with Crippen LogP contribution in [0.15, 0.2) is 60.7 Å². The number of carboxylic acids is 1. The van der Waals surface area contributed by atoms with E-state index in [-0.39, 0.29) is 6.42 Å². The van der Waals surface area contributed by atoms with Gasteiger partial charge in [0.2, 0.25) is 0 Å². The summed E-state index contributed by atoms with van der Waals surface area (Å²) in [5.41, 5.74) is 5.34. The third kappa shape index (κ3) is 16.5. The maximum Gasteiger partial charge on any atom is 0.405 e. The summed E-state index contributed by atoms with van der Waals surface area (Å²) in [4.78, 5) is 21.9. The van der Waals surface area contributed by atoms with Crippen LogP contribution in [0, 0.1) is 5.92 Å². The first-order valence-electron chi connectivity index (χ1n) is 12.8. The number of hydrogen-bond acceptors (Lipinski definition) is 4. The Bertz CT molecular complexity index is 845. The van der Waals surface area contributed by atoms with Gasteiger partial charge in [0.1, 0.15) is 24.5 Å². The van der Waals surface area contributed by atoms with Crippen LogP contribution >= 0.6 is 0 Å². The Hall–Kier alpha value is -3.06. The Morgan fingerprint density at radius 1 is 1.00 bits per heavy atom. The van der Waals surface area contributed by atoms with Crippen LogP contribution in [-0.4, -0.2) is 49.0 Å². The largest absolute Gasteiger partial charge is 0.488 e. The normalized spacial score (nSPS) is 16.9. The number of carbonyl (C=O) groups excluding carboxylic acids is 1. The highest BCUT2D eigenvalue weighted by atomic mass is 16.6. The monoisotopic (exact) mass is 501 g/mol. The minimum absolute atomic E-state index is 0.212. The number of likely N-dealkylation sites (tertiary alicyclic amines) is 1. The van der Waals surface area contributed by atoms with Crippen LogP contribution in [0.3, 0.4) is 0 Å². The second-order valence-corrected chi connectivity index (χ2v) is 9.93. The number of primary amides is 1. The van der Waals surface area contributed by atoms with Gasteiger partial charge < -0.3 is 25.2 Å². The molecule has 7 nitrogen and oxygen atoms in total. The number of aliphatic carboxylic acids is 1. The predicted molar refractivity (Wildman–Crippen MR) is 143 cm³/mol. The molecule has 0 radical (unpaired) electrons. The number of ether oxygens (including phenoxy) is 2. The van der Waals surface area contributed by atoms with Crippen LogP contribution in [0.4, 0.5) is 4.79 Å². The highest BCUT2D eigenvalue weighted by Crippen LogP contribution is 2.13. The molecule has 1 heterocycles. The molecule has 1 aliphatic heterocycles. The number of piperidine rings is 1. The first kappa shape index (κ1) is 31.0. The first-order chi connectivity index (χ1) is 17.1. The number of benzene rings is 2. The fourth-order valence-corrected chi connectivity index (χ4v) is 3.77. The van der Waals surface area contributed by atoms with Crippen molar-refractivity contribution in [3.05, 3.63) is 66.2 Å². The molecule has 1 amide bonds. The molecular formula is C29H45N2O5+. The van der Waals surface area contributed by atoms with Gasteiger partial charge in [0, 0.05) is 6.42 Å². The van der Waals surface area contributed by atoms with E-state index in [1.165, 1.54) is 32.4 Å². The number of para-hydroxylation sites is 1. The quantitative estimate of drug-likeness (QED) is 0.499. The standard InChI is InChI=1S/C15H23NO.C9H10O2.C5H11NO2/c1-2-14-8-10-16(11-9-14)12-13-17-15-6-4-3-5-7-15;10-9(11)7-6-8-4-2-1-3-5-8;1-5(2,3)8-4(6)7/h3-7,14H,2,8-13H2,1H3;1-5H,6-7H2,(H,10,11);1-3H3,(H2,6,7)/p+1. The lowest BCUT2D eigenvalue weighted by atomic mass is 9.94. The molecule has 0 spiro atoms. The summed E-state index contributed by atoms with van der Waals surface area (Å²) < 4.78 is 10.3. The van der Waals surface area contributed by atoms with Gasteiger partial charge in [-0.25, -0.2) is 4.79 Å². The topological polar surface area (TPSA) is 103 Å². The number of carbonyl (C=O) groups is 2. The Labute approximate surface area is 216 Å². The highest BCUT2D eigenvalue weighted by molar-refractivity contribution is 5.67. The van der Waals surface area contributed by atoms with Crippen molar-refractivity contribution in [2.45, 2.75) is 65.4 Å². The summed E-state index contributed by atoms with van der Waals surface area (Å²) in [7, 11) is 0. The molecule has 36 heavy (non-hydrogen) atoms. The van der Waals surface area contributed by atoms with Crippen LogP contribution in [0.1, 0.15) is 58.9 Å². The molecule has 3 rings (SSSR count). The van der Waals surface area contributed by atoms with Crippen molar-refractivity contribution in [2.75, 3.05) is 26.2 Å². The van der Waals surface area contributed by atoms with E-state index >= 15 is 0 Å². The van der Waals surface area contributed by atoms with Crippen molar-refractivity contribution in [2.24, 2.45) is 11.7 Å². The molecule has 1 saturated heterocycles. The third-order valence-electron chi connectivity index (χ3n) is 5.73. The summed E-state index contributed by atoms with van der Waals surface area (Å²) in [5.74, 6) is 1.23. The third-order valence-corrected chi connectivity index (χ3v) is 5.73. The Morgan fingerprint density at radius 2 is 1.56 bits per heavy atom. The molecule has 1 aliphatic rings. The van der Waals surface area contributed by atoms with Gasteiger partial charge in [-0.05, 0) is 63.6 Å². The average molecular weight is 502 g/mol. The van der Waals surface area contributed by atoms with Gasteiger partial charge >= 0.3 is 12.1 Å². The molecule has 7 heteroatoms. The van der Waals surface area contributed by atoms with Gasteiger partial charge in [-0.3, -0.25) is 4.79 Å². The number of nitrogens with two attached hydrogens (primary N) is 1. The van der Waals surface area contributed by atoms with Crippen LogP contribution in [-0.2, 0) is 16.0 Å². The zero-order chi connectivity index (χ0) is 26.8. The highest BCUT2D eigenvalue weighted by Gasteiger charge is 2.20. The van der Waals surface area contributed by atoms with E-state index in [1.54, 1.807) is 25.7 Å². The van der Waals surface area contributed by atoms with Crippen molar-refractivity contribution in [3.8, 4) is 5.75 Å². The lowest BCUT2D eigenvalue weighted by molar-refractivity contribution is -0.906. The summed E-state index contributed by atoms with van der Waals surface area (Å²) in [6.07, 6.45) is 4.26. The zero-order valence-corrected chi connectivity index (χ0v) is 22.4.